The zero-order chi connectivity index (χ0) is 14.2. The summed E-state index contributed by atoms with van der Waals surface area (Å²) in [6.45, 7) is 2.35. The molecule has 1 unspecified atom stereocenters. The highest BCUT2D eigenvalue weighted by Crippen LogP contribution is 2.42. The number of fused-ring (bicyclic) bond motifs is 1. The van der Waals surface area contributed by atoms with Crippen LogP contribution in [0.1, 0.15) is 42.8 Å². The summed E-state index contributed by atoms with van der Waals surface area (Å²) in [7, 11) is 2.22. The van der Waals surface area contributed by atoms with E-state index in [2.05, 4.69) is 39.3 Å². The van der Waals surface area contributed by atoms with Crippen LogP contribution in [0.2, 0.25) is 0 Å². The minimum atomic E-state index is 0.567. The van der Waals surface area contributed by atoms with Gasteiger partial charge in [-0.2, -0.15) is 11.8 Å². The van der Waals surface area contributed by atoms with Gasteiger partial charge in [0.1, 0.15) is 11.3 Å². The zero-order valence-corrected chi connectivity index (χ0v) is 13.4. The lowest BCUT2D eigenvalue weighted by atomic mass is 10.0. The summed E-state index contributed by atoms with van der Waals surface area (Å²) in [5.74, 6) is 2.55. The number of piperidine rings is 1. The maximum Gasteiger partial charge on any atom is 0.160 e. The van der Waals surface area contributed by atoms with Crippen LogP contribution in [0.25, 0.3) is 11.2 Å². The van der Waals surface area contributed by atoms with Crippen LogP contribution in [0.3, 0.4) is 0 Å². The molecule has 0 radical (unpaired) electrons. The number of hydrogen-bond donors (Lipinski definition) is 0. The van der Waals surface area contributed by atoms with Crippen molar-refractivity contribution in [3.63, 3.8) is 0 Å². The van der Waals surface area contributed by atoms with Gasteiger partial charge < -0.3 is 9.47 Å². The molecule has 0 amide bonds. The van der Waals surface area contributed by atoms with Gasteiger partial charge in [-0.25, -0.2) is 9.97 Å². The first kappa shape index (κ1) is 13.6. The lowest BCUT2D eigenvalue weighted by Gasteiger charge is -2.31. The molecule has 21 heavy (non-hydrogen) atoms. The van der Waals surface area contributed by atoms with E-state index in [9.17, 15) is 0 Å². The standard InChI is InChI=1S/C16H22N4S/c1-19-9-6-12(7-10-19)20-15-13(4-2-8-17-15)18-16(20)14-5-3-11-21-14/h2,4,8,12,14H,3,5-7,9-11H2,1H3. The van der Waals surface area contributed by atoms with E-state index in [0.717, 1.165) is 11.2 Å². The summed E-state index contributed by atoms with van der Waals surface area (Å²) in [5, 5.41) is 0.568. The molecular weight excluding hydrogens is 280 g/mol. The first-order valence-corrected chi connectivity index (χ1v) is 9.01. The van der Waals surface area contributed by atoms with Gasteiger partial charge in [0, 0.05) is 12.2 Å². The van der Waals surface area contributed by atoms with Crippen LogP contribution in [0.15, 0.2) is 18.3 Å². The first-order valence-electron chi connectivity index (χ1n) is 7.96. The maximum absolute atomic E-state index is 4.95. The summed E-state index contributed by atoms with van der Waals surface area (Å²) in [6, 6.07) is 4.67. The third-order valence-electron chi connectivity index (χ3n) is 4.75. The highest BCUT2D eigenvalue weighted by molar-refractivity contribution is 7.99. The van der Waals surface area contributed by atoms with Crippen molar-refractivity contribution in [3.8, 4) is 0 Å². The first-order chi connectivity index (χ1) is 10.3. The molecule has 4 nitrogen and oxygen atoms in total. The molecule has 5 heteroatoms. The van der Waals surface area contributed by atoms with Crippen molar-refractivity contribution in [3.05, 3.63) is 24.2 Å². The van der Waals surface area contributed by atoms with Crippen molar-refractivity contribution in [1.29, 1.82) is 0 Å². The van der Waals surface area contributed by atoms with Gasteiger partial charge in [-0.15, -0.1) is 0 Å². The Kier molecular flexibility index (Phi) is 3.63. The van der Waals surface area contributed by atoms with Gasteiger partial charge in [0.15, 0.2) is 5.65 Å². The van der Waals surface area contributed by atoms with Crippen molar-refractivity contribution in [2.24, 2.45) is 0 Å². The van der Waals surface area contributed by atoms with Crippen molar-refractivity contribution in [1.82, 2.24) is 19.4 Å². The van der Waals surface area contributed by atoms with Crippen LogP contribution in [0, 0.1) is 0 Å². The second-order valence-electron chi connectivity index (χ2n) is 6.22. The maximum atomic E-state index is 4.95. The average Bonchev–Trinajstić information content (AvgIpc) is 3.15. The number of imidazole rings is 1. The van der Waals surface area contributed by atoms with Crippen molar-refractivity contribution >= 4 is 22.9 Å². The zero-order valence-electron chi connectivity index (χ0n) is 12.5. The molecule has 0 saturated carbocycles. The van der Waals surface area contributed by atoms with Gasteiger partial charge in [0.25, 0.3) is 0 Å². The highest BCUT2D eigenvalue weighted by atomic mass is 32.2. The van der Waals surface area contributed by atoms with E-state index in [1.54, 1.807) is 0 Å². The number of rotatable bonds is 2. The molecule has 0 spiro atoms. The van der Waals surface area contributed by atoms with E-state index in [1.807, 2.05) is 12.3 Å². The molecule has 4 heterocycles. The predicted octanol–water partition coefficient (Wildman–Crippen LogP) is 3.27. The molecule has 112 valence electrons. The lowest BCUT2D eigenvalue weighted by molar-refractivity contribution is 0.221. The normalized spacial score (nSPS) is 24.9. The van der Waals surface area contributed by atoms with E-state index >= 15 is 0 Å². The number of aromatic nitrogens is 3. The van der Waals surface area contributed by atoms with Crippen molar-refractivity contribution < 1.29 is 0 Å². The molecule has 1 atom stereocenters. The third-order valence-corrected chi connectivity index (χ3v) is 6.12. The fraction of sp³-hybridized carbons (Fsp3) is 0.625. The fourth-order valence-electron chi connectivity index (χ4n) is 3.57. The van der Waals surface area contributed by atoms with E-state index in [-0.39, 0.29) is 0 Å². The summed E-state index contributed by atoms with van der Waals surface area (Å²) in [5.41, 5.74) is 2.16. The number of pyridine rings is 1. The average molecular weight is 302 g/mol. The van der Waals surface area contributed by atoms with Gasteiger partial charge in [0.05, 0.1) is 5.25 Å². The monoisotopic (exact) mass is 302 g/mol. The molecule has 2 aromatic rings. The van der Waals surface area contributed by atoms with Gasteiger partial charge >= 0.3 is 0 Å². The summed E-state index contributed by atoms with van der Waals surface area (Å²) >= 11 is 2.07. The Balaban J connectivity index is 1.78. The smallest absolute Gasteiger partial charge is 0.160 e. The Bertz CT molecular complexity index is 624. The van der Waals surface area contributed by atoms with Gasteiger partial charge in [-0.05, 0) is 63.7 Å². The molecule has 0 aliphatic carbocycles. The largest absolute Gasteiger partial charge is 0.309 e. The molecule has 2 aliphatic heterocycles. The molecule has 0 bridgehead atoms. The van der Waals surface area contributed by atoms with E-state index in [1.165, 1.54) is 50.4 Å². The van der Waals surface area contributed by atoms with Crippen LogP contribution in [0.5, 0.6) is 0 Å². The SMILES string of the molecule is CN1CCC(n2c(C3CCCS3)nc3cccnc32)CC1. The number of likely N-dealkylation sites (tertiary alicyclic amines) is 1. The Hall–Kier alpha value is -1.07. The van der Waals surface area contributed by atoms with E-state index in [0.29, 0.717) is 11.3 Å². The van der Waals surface area contributed by atoms with Gasteiger partial charge in [-0.1, -0.05) is 0 Å². The summed E-state index contributed by atoms with van der Waals surface area (Å²) < 4.78 is 2.48. The molecular formula is C16H22N4S. The van der Waals surface area contributed by atoms with Crippen LogP contribution in [-0.4, -0.2) is 45.3 Å². The van der Waals surface area contributed by atoms with Crippen LogP contribution < -0.4 is 0 Å². The van der Waals surface area contributed by atoms with Crippen LogP contribution in [-0.2, 0) is 0 Å². The number of thioether (sulfide) groups is 1. The number of hydrogen-bond acceptors (Lipinski definition) is 4. The fourth-order valence-corrected chi connectivity index (χ4v) is 4.84. The Morgan fingerprint density at radius 3 is 2.86 bits per heavy atom. The second-order valence-corrected chi connectivity index (χ2v) is 7.53. The Labute approximate surface area is 129 Å². The Morgan fingerprint density at radius 1 is 1.24 bits per heavy atom. The van der Waals surface area contributed by atoms with Crippen molar-refractivity contribution in [2.45, 2.75) is 37.0 Å². The predicted molar refractivity (Wildman–Crippen MR) is 87.7 cm³/mol. The molecule has 2 fully saturated rings. The van der Waals surface area contributed by atoms with Crippen LogP contribution in [0.4, 0.5) is 0 Å². The van der Waals surface area contributed by atoms with E-state index < -0.39 is 0 Å². The summed E-state index contributed by atoms with van der Waals surface area (Å²) in [6.07, 6.45) is 6.91. The summed E-state index contributed by atoms with van der Waals surface area (Å²) in [4.78, 5) is 12.0. The van der Waals surface area contributed by atoms with Gasteiger partial charge in [-0.3, -0.25) is 0 Å². The quantitative estimate of drug-likeness (QED) is 0.852. The molecule has 2 saturated heterocycles. The topological polar surface area (TPSA) is 34.0 Å². The number of nitrogens with zero attached hydrogens (tertiary/aromatic N) is 4. The minimum Gasteiger partial charge on any atom is -0.309 e. The molecule has 0 aromatic carbocycles. The molecule has 2 aromatic heterocycles. The highest BCUT2D eigenvalue weighted by Gasteiger charge is 2.29. The van der Waals surface area contributed by atoms with Crippen LogP contribution >= 0.6 is 11.8 Å². The molecule has 2 aliphatic rings. The third kappa shape index (κ3) is 2.46. The van der Waals surface area contributed by atoms with Gasteiger partial charge in [0.2, 0.25) is 0 Å². The second kappa shape index (κ2) is 5.61. The van der Waals surface area contributed by atoms with Crippen molar-refractivity contribution in [2.75, 3.05) is 25.9 Å². The minimum absolute atomic E-state index is 0.567. The Morgan fingerprint density at radius 2 is 2.10 bits per heavy atom. The molecule has 4 rings (SSSR count). The lowest BCUT2D eigenvalue weighted by Crippen LogP contribution is -2.32. The van der Waals surface area contributed by atoms with E-state index in [4.69, 9.17) is 4.98 Å². The molecule has 0 N–H and O–H groups in total.